The van der Waals surface area contributed by atoms with Crippen molar-refractivity contribution in [2.75, 3.05) is 23.8 Å². The van der Waals surface area contributed by atoms with E-state index in [1.165, 1.54) is 0 Å². The van der Waals surface area contributed by atoms with Crippen LogP contribution in [0, 0.1) is 5.92 Å². The fourth-order valence-corrected chi connectivity index (χ4v) is 2.41. The molecule has 0 aliphatic heterocycles. The highest BCUT2D eigenvalue weighted by Gasteiger charge is 2.21. The summed E-state index contributed by atoms with van der Waals surface area (Å²) in [7, 11) is 1.82. The van der Waals surface area contributed by atoms with Crippen LogP contribution in [0.5, 0.6) is 0 Å². The lowest BCUT2D eigenvalue weighted by molar-refractivity contribution is 0.503. The average molecular weight is 285 g/mol. The quantitative estimate of drug-likeness (QED) is 0.826. The van der Waals surface area contributed by atoms with Crippen LogP contribution in [0.1, 0.15) is 40.5 Å². The molecule has 0 spiro atoms. The summed E-state index contributed by atoms with van der Waals surface area (Å²) >= 11 is 6.29. The van der Waals surface area contributed by atoms with Crippen molar-refractivity contribution in [1.82, 2.24) is 9.97 Å². The van der Waals surface area contributed by atoms with E-state index in [1.807, 2.05) is 7.05 Å². The molecule has 0 bridgehead atoms. The molecule has 1 aromatic heterocycles. The van der Waals surface area contributed by atoms with E-state index >= 15 is 0 Å². The van der Waals surface area contributed by atoms with Gasteiger partial charge < -0.3 is 10.2 Å². The molecule has 19 heavy (non-hydrogen) atoms. The molecule has 5 heteroatoms. The number of nitrogens with zero attached hydrogens (tertiary/aromatic N) is 3. The topological polar surface area (TPSA) is 41.1 Å². The van der Waals surface area contributed by atoms with Gasteiger partial charge in [-0.1, -0.05) is 39.3 Å². The number of hydrogen-bond acceptors (Lipinski definition) is 4. The fourth-order valence-electron chi connectivity index (χ4n) is 2.21. The van der Waals surface area contributed by atoms with Gasteiger partial charge in [-0.25, -0.2) is 4.98 Å². The zero-order chi connectivity index (χ0) is 14.4. The van der Waals surface area contributed by atoms with Crippen LogP contribution in [0.2, 0.25) is 5.02 Å². The van der Waals surface area contributed by atoms with Crippen molar-refractivity contribution in [2.45, 2.75) is 46.6 Å². The van der Waals surface area contributed by atoms with Crippen LogP contribution in [0.4, 0.5) is 11.8 Å². The molecule has 0 saturated heterocycles. The minimum Gasteiger partial charge on any atom is -0.357 e. The van der Waals surface area contributed by atoms with Crippen molar-refractivity contribution in [3.63, 3.8) is 0 Å². The van der Waals surface area contributed by atoms with Crippen molar-refractivity contribution in [3.05, 3.63) is 11.2 Å². The van der Waals surface area contributed by atoms with Crippen molar-refractivity contribution >= 4 is 23.4 Å². The maximum absolute atomic E-state index is 6.29. The normalized spacial score (nSPS) is 11.2. The largest absolute Gasteiger partial charge is 0.357 e. The third-order valence-electron chi connectivity index (χ3n) is 3.17. The van der Waals surface area contributed by atoms with Gasteiger partial charge in [-0.05, 0) is 18.8 Å². The van der Waals surface area contributed by atoms with Crippen LogP contribution in [0.25, 0.3) is 0 Å². The van der Waals surface area contributed by atoms with Gasteiger partial charge in [0, 0.05) is 19.6 Å². The summed E-state index contributed by atoms with van der Waals surface area (Å²) in [5, 5.41) is 3.59. The molecule has 0 aliphatic rings. The fraction of sp³-hybridized carbons (Fsp3) is 0.714. The molecule has 0 aliphatic carbocycles. The molecule has 0 atom stereocenters. The highest BCUT2D eigenvalue weighted by Crippen LogP contribution is 2.28. The lowest BCUT2D eigenvalue weighted by atomic mass is 10.1. The SMILES string of the molecule is CCC(CC)N(CC(C)C)c1nc(NC)ncc1Cl. The number of nitrogens with one attached hydrogen (secondary N) is 1. The Balaban J connectivity index is 3.15. The van der Waals surface area contributed by atoms with Gasteiger partial charge in [0.05, 0.1) is 6.20 Å². The summed E-state index contributed by atoms with van der Waals surface area (Å²) in [5.41, 5.74) is 0. The summed E-state index contributed by atoms with van der Waals surface area (Å²) < 4.78 is 0. The van der Waals surface area contributed by atoms with Crippen LogP contribution < -0.4 is 10.2 Å². The highest BCUT2D eigenvalue weighted by atomic mass is 35.5. The lowest BCUT2D eigenvalue weighted by Crippen LogP contribution is -2.38. The molecule has 0 amide bonds. The summed E-state index contributed by atoms with van der Waals surface area (Å²) in [4.78, 5) is 11.0. The number of aromatic nitrogens is 2. The minimum absolute atomic E-state index is 0.458. The van der Waals surface area contributed by atoms with E-state index in [1.54, 1.807) is 6.20 Å². The maximum atomic E-state index is 6.29. The van der Waals surface area contributed by atoms with E-state index in [0.29, 0.717) is 22.9 Å². The molecule has 0 unspecified atom stereocenters. The van der Waals surface area contributed by atoms with Crippen LogP contribution in [-0.2, 0) is 0 Å². The van der Waals surface area contributed by atoms with Gasteiger partial charge >= 0.3 is 0 Å². The van der Waals surface area contributed by atoms with Crippen LogP contribution in [0.15, 0.2) is 6.20 Å². The first-order chi connectivity index (χ1) is 9.03. The Morgan fingerprint density at radius 3 is 2.42 bits per heavy atom. The van der Waals surface area contributed by atoms with E-state index in [0.717, 1.165) is 25.2 Å². The molecule has 0 fully saturated rings. The van der Waals surface area contributed by atoms with Gasteiger partial charge in [0.15, 0.2) is 5.82 Å². The highest BCUT2D eigenvalue weighted by molar-refractivity contribution is 6.32. The molecule has 0 saturated carbocycles. The number of rotatable bonds is 7. The smallest absolute Gasteiger partial charge is 0.224 e. The second kappa shape index (κ2) is 7.53. The minimum atomic E-state index is 0.458. The van der Waals surface area contributed by atoms with Gasteiger partial charge in [0.25, 0.3) is 0 Å². The van der Waals surface area contributed by atoms with Crippen LogP contribution in [-0.4, -0.2) is 29.6 Å². The van der Waals surface area contributed by atoms with E-state index < -0.39 is 0 Å². The molecular formula is C14H25ClN4. The zero-order valence-corrected chi connectivity index (χ0v) is 13.3. The van der Waals surface area contributed by atoms with Gasteiger partial charge in [0.2, 0.25) is 5.95 Å². The number of halogens is 1. The molecule has 4 nitrogen and oxygen atoms in total. The van der Waals surface area contributed by atoms with E-state index in [-0.39, 0.29) is 0 Å². The van der Waals surface area contributed by atoms with Crippen molar-refractivity contribution in [1.29, 1.82) is 0 Å². The average Bonchev–Trinajstić information content (AvgIpc) is 2.39. The Hall–Kier alpha value is -1.03. The molecule has 108 valence electrons. The van der Waals surface area contributed by atoms with Gasteiger partial charge in [-0.15, -0.1) is 0 Å². The first kappa shape index (κ1) is 16.0. The maximum Gasteiger partial charge on any atom is 0.224 e. The van der Waals surface area contributed by atoms with Crippen LogP contribution >= 0.6 is 11.6 Å². The van der Waals surface area contributed by atoms with E-state index in [2.05, 4.69) is 47.9 Å². The predicted octanol–water partition coefficient (Wildman–Crippen LogP) is 3.82. The number of anilines is 2. The van der Waals surface area contributed by atoms with Crippen LogP contribution in [0.3, 0.4) is 0 Å². The van der Waals surface area contributed by atoms with Crippen molar-refractivity contribution in [2.24, 2.45) is 5.92 Å². The summed E-state index contributed by atoms with van der Waals surface area (Å²) in [6, 6.07) is 0.458. The summed E-state index contributed by atoms with van der Waals surface area (Å²) in [5.74, 6) is 2.01. The molecule has 1 rings (SSSR count). The van der Waals surface area contributed by atoms with Crippen molar-refractivity contribution < 1.29 is 0 Å². The Labute approximate surface area is 121 Å². The third kappa shape index (κ3) is 4.23. The zero-order valence-electron chi connectivity index (χ0n) is 12.6. The molecular weight excluding hydrogens is 260 g/mol. The summed E-state index contributed by atoms with van der Waals surface area (Å²) in [6.45, 7) is 9.78. The Morgan fingerprint density at radius 2 is 1.95 bits per heavy atom. The molecule has 1 N–H and O–H groups in total. The Morgan fingerprint density at radius 1 is 1.32 bits per heavy atom. The second-order valence-corrected chi connectivity index (χ2v) is 5.54. The standard InChI is InChI=1S/C14H25ClN4/c1-6-11(7-2)19(9-10(3)4)13-12(15)8-17-14(16-5)18-13/h8,10-11H,6-7,9H2,1-5H3,(H,16,17,18). The van der Waals surface area contributed by atoms with E-state index in [9.17, 15) is 0 Å². The molecule has 0 aromatic carbocycles. The Kier molecular flexibility index (Phi) is 6.35. The van der Waals surface area contributed by atoms with E-state index in [4.69, 9.17) is 11.6 Å². The first-order valence-corrected chi connectivity index (χ1v) is 7.38. The van der Waals surface area contributed by atoms with Gasteiger partial charge in [-0.2, -0.15) is 4.98 Å². The predicted molar refractivity (Wildman–Crippen MR) is 83.1 cm³/mol. The molecule has 0 radical (unpaired) electrons. The summed E-state index contributed by atoms with van der Waals surface area (Å²) in [6.07, 6.45) is 3.84. The third-order valence-corrected chi connectivity index (χ3v) is 3.43. The molecule has 1 heterocycles. The Bertz CT molecular complexity index is 391. The first-order valence-electron chi connectivity index (χ1n) is 7.00. The monoisotopic (exact) mass is 284 g/mol. The second-order valence-electron chi connectivity index (χ2n) is 5.13. The van der Waals surface area contributed by atoms with Gasteiger partial charge in [-0.3, -0.25) is 0 Å². The molecule has 1 aromatic rings. The van der Waals surface area contributed by atoms with Gasteiger partial charge in [0.1, 0.15) is 5.02 Å². The lowest BCUT2D eigenvalue weighted by Gasteiger charge is -2.33. The number of hydrogen-bond donors (Lipinski definition) is 1. The van der Waals surface area contributed by atoms with Crippen molar-refractivity contribution in [3.8, 4) is 0 Å².